The van der Waals surface area contributed by atoms with E-state index in [-0.39, 0.29) is 0 Å². The Kier molecular flexibility index (Phi) is 2.59. The molecule has 1 aromatic heterocycles. The number of imidazole rings is 1. The minimum atomic E-state index is 0.722. The average molecular weight is 302 g/mol. The van der Waals surface area contributed by atoms with Crippen LogP contribution in [0.1, 0.15) is 0 Å². The summed E-state index contributed by atoms with van der Waals surface area (Å²) in [6, 6.07) is 14.0. The van der Waals surface area contributed by atoms with Crippen molar-refractivity contribution in [2.24, 2.45) is 7.05 Å². The van der Waals surface area contributed by atoms with Crippen LogP contribution in [-0.4, -0.2) is 9.55 Å². The number of aromatic nitrogens is 2. The molecule has 2 aromatic carbocycles. The second kappa shape index (κ2) is 4.14. The molecule has 0 saturated carbocycles. The molecule has 0 bridgehead atoms. The van der Waals surface area contributed by atoms with Gasteiger partial charge in [0.05, 0.1) is 11.0 Å². The molecule has 4 heteroatoms. The molecule has 0 radical (unpaired) electrons. The molecule has 0 amide bonds. The highest BCUT2D eigenvalue weighted by Crippen LogP contribution is 2.28. The van der Waals surface area contributed by atoms with E-state index in [4.69, 9.17) is 5.73 Å². The van der Waals surface area contributed by atoms with Crippen LogP contribution in [-0.2, 0) is 7.05 Å². The number of nitrogens with two attached hydrogens (primary N) is 1. The summed E-state index contributed by atoms with van der Waals surface area (Å²) < 4.78 is 2.99. The largest absolute Gasteiger partial charge is 0.398 e. The molecule has 0 aliphatic heterocycles. The van der Waals surface area contributed by atoms with Gasteiger partial charge in [0, 0.05) is 22.8 Å². The number of benzene rings is 2. The van der Waals surface area contributed by atoms with Gasteiger partial charge in [-0.15, -0.1) is 0 Å². The van der Waals surface area contributed by atoms with Crippen molar-refractivity contribution in [1.82, 2.24) is 9.55 Å². The van der Waals surface area contributed by atoms with Crippen molar-refractivity contribution in [2.75, 3.05) is 5.73 Å². The maximum absolute atomic E-state index is 5.92. The molecule has 1 heterocycles. The van der Waals surface area contributed by atoms with E-state index >= 15 is 0 Å². The predicted molar refractivity (Wildman–Crippen MR) is 78.3 cm³/mol. The summed E-state index contributed by atoms with van der Waals surface area (Å²) >= 11 is 3.40. The van der Waals surface area contributed by atoms with Crippen LogP contribution in [0.4, 0.5) is 5.69 Å². The number of hydrogen-bond donors (Lipinski definition) is 1. The van der Waals surface area contributed by atoms with Crippen LogP contribution in [0.25, 0.3) is 22.4 Å². The zero-order valence-electron chi connectivity index (χ0n) is 9.89. The lowest BCUT2D eigenvalue weighted by Crippen LogP contribution is -1.94. The van der Waals surface area contributed by atoms with Gasteiger partial charge < -0.3 is 10.3 Å². The maximum Gasteiger partial charge on any atom is 0.140 e. The van der Waals surface area contributed by atoms with Crippen molar-refractivity contribution in [3.05, 3.63) is 46.9 Å². The summed E-state index contributed by atoms with van der Waals surface area (Å²) in [7, 11) is 2.02. The van der Waals surface area contributed by atoms with Crippen LogP contribution in [0.15, 0.2) is 46.9 Å². The topological polar surface area (TPSA) is 43.8 Å². The normalized spacial score (nSPS) is 11.0. The van der Waals surface area contributed by atoms with Gasteiger partial charge in [-0.3, -0.25) is 0 Å². The van der Waals surface area contributed by atoms with Crippen LogP contribution >= 0.6 is 15.9 Å². The minimum Gasteiger partial charge on any atom is -0.398 e. The number of aryl methyl sites for hydroxylation is 1. The summed E-state index contributed by atoms with van der Waals surface area (Å²) in [6.45, 7) is 0. The van der Waals surface area contributed by atoms with Gasteiger partial charge in [0.25, 0.3) is 0 Å². The molecule has 90 valence electrons. The molecule has 3 aromatic rings. The highest BCUT2D eigenvalue weighted by Gasteiger charge is 2.10. The minimum absolute atomic E-state index is 0.722. The first-order chi connectivity index (χ1) is 8.66. The number of para-hydroxylation sites is 2. The van der Waals surface area contributed by atoms with Crippen molar-refractivity contribution in [3.63, 3.8) is 0 Å². The Balaban J connectivity index is 2.25. The van der Waals surface area contributed by atoms with E-state index in [1.54, 1.807) is 0 Å². The summed E-state index contributed by atoms with van der Waals surface area (Å²) in [6.07, 6.45) is 0. The molecule has 3 nitrogen and oxygen atoms in total. The monoisotopic (exact) mass is 301 g/mol. The Bertz CT molecular complexity index is 731. The van der Waals surface area contributed by atoms with Crippen LogP contribution in [0.3, 0.4) is 0 Å². The molecule has 18 heavy (non-hydrogen) atoms. The first-order valence-corrected chi connectivity index (χ1v) is 6.43. The number of hydrogen-bond acceptors (Lipinski definition) is 2. The van der Waals surface area contributed by atoms with E-state index in [1.165, 1.54) is 0 Å². The van der Waals surface area contributed by atoms with Gasteiger partial charge in [-0.05, 0) is 46.3 Å². The lowest BCUT2D eigenvalue weighted by Gasteiger charge is -2.04. The Morgan fingerprint density at radius 1 is 1.17 bits per heavy atom. The smallest absolute Gasteiger partial charge is 0.140 e. The van der Waals surface area contributed by atoms with Crippen molar-refractivity contribution in [1.29, 1.82) is 0 Å². The van der Waals surface area contributed by atoms with E-state index in [9.17, 15) is 0 Å². The number of fused-ring (bicyclic) bond motifs is 1. The second-order valence-corrected chi connectivity index (χ2v) is 5.07. The Morgan fingerprint density at radius 2 is 1.94 bits per heavy atom. The molecule has 0 saturated heterocycles. The first-order valence-electron chi connectivity index (χ1n) is 5.63. The van der Waals surface area contributed by atoms with Gasteiger partial charge in [-0.25, -0.2) is 4.98 Å². The van der Waals surface area contributed by atoms with Crippen LogP contribution in [0.5, 0.6) is 0 Å². The summed E-state index contributed by atoms with van der Waals surface area (Å²) in [5.74, 6) is 0.926. The predicted octanol–water partition coefficient (Wildman–Crippen LogP) is 3.59. The fraction of sp³-hybridized carbons (Fsp3) is 0.0714. The average Bonchev–Trinajstić information content (AvgIpc) is 2.71. The van der Waals surface area contributed by atoms with Gasteiger partial charge in [0.2, 0.25) is 0 Å². The van der Waals surface area contributed by atoms with E-state index in [1.807, 2.05) is 43.4 Å². The van der Waals surface area contributed by atoms with Crippen molar-refractivity contribution < 1.29 is 0 Å². The molecular formula is C14H12BrN3. The fourth-order valence-electron chi connectivity index (χ4n) is 2.09. The number of halogens is 1. The Morgan fingerprint density at radius 3 is 2.67 bits per heavy atom. The van der Waals surface area contributed by atoms with Gasteiger partial charge >= 0.3 is 0 Å². The third-order valence-electron chi connectivity index (χ3n) is 3.04. The molecule has 0 atom stereocenters. The Labute approximate surface area is 113 Å². The van der Waals surface area contributed by atoms with E-state index in [0.29, 0.717) is 0 Å². The van der Waals surface area contributed by atoms with Crippen molar-refractivity contribution in [3.8, 4) is 11.4 Å². The summed E-state index contributed by atoms with van der Waals surface area (Å²) in [4.78, 5) is 4.65. The van der Waals surface area contributed by atoms with E-state index < -0.39 is 0 Å². The zero-order chi connectivity index (χ0) is 12.7. The Hall–Kier alpha value is -1.81. The molecule has 0 spiro atoms. The second-order valence-electron chi connectivity index (χ2n) is 4.22. The zero-order valence-corrected chi connectivity index (χ0v) is 11.5. The molecule has 0 unspecified atom stereocenters. The molecule has 0 aliphatic carbocycles. The SMILES string of the molecule is Cn1c(-c2ccc(Br)c(N)c2)nc2ccccc21. The third kappa shape index (κ3) is 1.69. The number of anilines is 1. The van der Waals surface area contributed by atoms with Crippen LogP contribution in [0.2, 0.25) is 0 Å². The lowest BCUT2D eigenvalue weighted by atomic mass is 10.2. The maximum atomic E-state index is 5.92. The lowest BCUT2D eigenvalue weighted by molar-refractivity contribution is 0.959. The molecule has 0 fully saturated rings. The molecule has 2 N–H and O–H groups in total. The number of nitrogens with zero attached hydrogens (tertiary/aromatic N) is 2. The quantitative estimate of drug-likeness (QED) is 0.698. The highest BCUT2D eigenvalue weighted by molar-refractivity contribution is 9.10. The van der Waals surface area contributed by atoms with E-state index in [2.05, 4.69) is 31.5 Å². The highest BCUT2D eigenvalue weighted by atomic mass is 79.9. The van der Waals surface area contributed by atoms with Gasteiger partial charge in [0.1, 0.15) is 5.82 Å². The molecular weight excluding hydrogens is 290 g/mol. The van der Waals surface area contributed by atoms with Gasteiger partial charge in [0.15, 0.2) is 0 Å². The fourth-order valence-corrected chi connectivity index (χ4v) is 2.33. The third-order valence-corrected chi connectivity index (χ3v) is 3.76. The first kappa shape index (κ1) is 11.3. The van der Waals surface area contributed by atoms with Crippen LogP contribution in [0, 0.1) is 0 Å². The van der Waals surface area contributed by atoms with Crippen molar-refractivity contribution in [2.45, 2.75) is 0 Å². The summed E-state index contributed by atoms with van der Waals surface area (Å²) in [5.41, 5.74) is 9.78. The van der Waals surface area contributed by atoms with Gasteiger partial charge in [-0.2, -0.15) is 0 Å². The standard InChI is InChI=1S/C14H12BrN3/c1-18-13-5-3-2-4-12(13)17-14(18)9-6-7-10(15)11(16)8-9/h2-8H,16H2,1H3. The van der Waals surface area contributed by atoms with Crippen LogP contribution < -0.4 is 5.73 Å². The van der Waals surface area contributed by atoms with E-state index in [0.717, 1.165) is 32.6 Å². The summed E-state index contributed by atoms with van der Waals surface area (Å²) in [5, 5.41) is 0. The molecule has 3 rings (SSSR count). The number of rotatable bonds is 1. The van der Waals surface area contributed by atoms with Gasteiger partial charge in [-0.1, -0.05) is 12.1 Å². The number of nitrogen functional groups attached to an aromatic ring is 1. The molecule has 0 aliphatic rings. The van der Waals surface area contributed by atoms with Crippen molar-refractivity contribution >= 4 is 32.7 Å².